The molecule has 20 heavy (non-hydrogen) atoms. The summed E-state index contributed by atoms with van der Waals surface area (Å²) in [6, 6.07) is 2.45. The zero-order valence-electron chi connectivity index (χ0n) is 12.1. The second-order valence-electron chi connectivity index (χ2n) is 4.89. The molecular weight excluding hydrogens is 294 g/mol. The zero-order valence-corrected chi connectivity index (χ0v) is 13.7. The predicted molar refractivity (Wildman–Crippen MR) is 86.6 cm³/mol. The molecule has 4 nitrogen and oxygen atoms in total. The summed E-state index contributed by atoms with van der Waals surface area (Å²) in [4.78, 5) is 14.3. The molecule has 114 valence electrons. The van der Waals surface area contributed by atoms with Gasteiger partial charge in [0.1, 0.15) is 0 Å². The van der Waals surface area contributed by atoms with Crippen LogP contribution in [0.3, 0.4) is 0 Å². The van der Waals surface area contributed by atoms with Crippen LogP contribution in [0.2, 0.25) is 0 Å². The molecule has 1 amide bonds. The number of amides is 1. The molecule has 2 heterocycles. The first-order valence-electron chi connectivity index (χ1n) is 7.00. The highest BCUT2D eigenvalue weighted by Gasteiger charge is 2.26. The Balaban J connectivity index is 0.00000200. The van der Waals surface area contributed by atoms with Crippen molar-refractivity contribution < 1.29 is 4.79 Å². The van der Waals surface area contributed by atoms with Crippen LogP contribution in [0.4, 0.5) is 0 Å². The van der Waals surface area contributed by atoms with Crippen molar-refractivity contribution in [2.45, 2.75) is 19.9 Å². The third-order valence-corrected chi connectivity index (χ3v) is 4.50. The van der Waals surface area contributed by atoms with Crippen LogP contribution in [0.25, 0.3) is 0 Å². The Morgan fingerprint density at radius 3 is 2.65 bits per heavy atom. The van der Waals surface area contributed by atoms with Crippen molar-refractivity contribution >= 4 is 29.7 Å². The van der Waals surface area contributed by atoms with E-state index >= 15 is 0 Å². The first kappa shape index (κ1) is 17.4. The molecule has 0 bridgehead atoms. The number of thiophene rings is 1. The van der Waals surface area contributed by atoms with Gasteiger partial charge in [0.25, 0.3) is 0 Å². The van der Waals surface area contributed by atoms with E-state index in [4.69, 9.17) is 0 Å². The minimum atomic E-state index is 0. The Morgan fingerprint density at radius 1 is 1.50 bits per heavy atom. The molecule has 2 rings (SSSR count). The number of rotatable bonds is 7. The number of carbonyl (C=O) groups is 1. The van der Waals surface area contributed by atoms with Gasteiger partial charge in [0, 0.05) is 19.6 Å². The smallest absolute Gasteiger partial charge is 0.225 e. The van der Waals surface area contributed by atoms with Gasteiger partial charge >= 0.3 is 0 Å². The van der Waals surface area contributed by atoms with Crippen molar-refractivity contribution in [2.75, 3.05) is 32.7 Å². The van der Waals surface area contributed by atoms with Crippen LogP contribution in [-0.4, -0.2) is 43.5 Å². The molecule has 1 fully saturated rings. The SMILES string of the molecule is CCN(CC)C(CNC(=O)C1CNC1)c1ccsc1.Cl. The molecule has 0 spiro atoms. The number of carbonyl (C=O) groups excluding carboxylic acids is 1. The van der Waals surface area contributed by atoms with Gasteiger partial charge in [0.2, 0.25) is 5.91 Å². The molecule has 0 radical (unpaired) electrons. The van der Waals surface area contributed by atoms with E-state index in [2.05, 4.69) is 46.2 Å². The van der Waals surface area contributed by atoms with Crippen molar-refractivity contribution in [2.24, 2.45) is 5.92 Å². The maximum absolute atomic E-state index is 11.9. The van der Waals surface area contributed by atoms with Crippen LogP contribution < -0.4 is 10.6 Å². The number of hydrogen-bond acceptors (Lipinski definition) is 4. The summed E-state index contributed by atoms with van der Waals surface area (Å²) in [5.74, 6) is 0.353. The van der Waals surface area contributed by atoms with Gasteiger partial charge in [-0.3, -0.25) is 9.69 Å². The third kappa shape index (κ3) is 4.19. The summed E-state index contributed by atoms with van der Waals surface area (Å²) in [5, 5.41) is 10.5. The van der Waals surface area contributed by atoms with E-state index in [1.165, 1.54) is 5.56 Å². The van der Waals surface area contributed by atoms with E-state index in [-0.39, 0.29) is 24.2 Å². The number of hydrogen-bond donors (Lipinski definition) is 2. The number of likely N-dealkylation sites (N-methyl/N-ethyl adjacent to an activating group) is 1. The van der Waals surface area contributed by atoms with E-state index in [1.807, 2.05) is 0 Å². The zero-order chi connectivity index (χ0) is 13.7. The van der Waals surface area contributed by atoms with Gasteiger partial charge in [-0.1, -0.05) is 13.8 Å². The van der Waals surface area contributed by atoms with Gasteiger partial charge in [-0.25, -0.2) is 0 Å². The lowest BCUT2D eigenvalue weighted by atomic mass is 10.0. The molecule has 0 aliphatic carbocycles. The minimum absolute atomic E-state index is 0. The monoisotopic (exact) mass is 317 g/mol. The van der Waals surface area contributed by atoms with Gasteiger partial charge in [0.15, 0.2) is 0 Å². The topological polar surface area (TPSA) is 44.4 Å². The fourth-order valence-corrected chi connectivity index (χ4v) is 3.11. The summed E-state index contributed by atoms with van der Waals surface area (Å²) in [7, 11) is 0. The molecule has 1 aromatic heterocycles. The standard InChI is InChI=1S/C14H23N3OS.ClH/c1-3-17(4-2)13(11-5-6-19-10-11)9-16-14(18)12-7-15-8-12;/h5-6,10,12-13,15H,3-4,7-9H2,1-2H3,(H,16,18);1H. The van der Waals surface area contributed by atoms with E-state index in [9.17, 15) is 4.79 Å². The summed E-state index contributed by atoms with van der Waals surface area (Å²) in [6.07, 6.45) is 0. The molecule has 0 saturated carbocycles. The lowest BCUT2D eigenvalue weighted by Crippen LogP contribution is -2.52. The van der Waals surface area contributed by atoms with Crippen molar-refractivity contribution in [3.05, 3.63) is 22.4 Å². The third-order valence-electron chi connectivity index (χ3n) is 3.80. The fourth-order valence-electron chi connectivity index (χ4n) is 2.40. The van der Waals surface area contributed by atoms with Crippen molar-refractivity contribution in [1.82, 2.24) is 15.5 Å². The Labute approximate surface area is 131 Å². The average Bonchev–Trinajstić information content (AvgIpc) is 2.85. The summed E-state index contributed by atoms with van der Waals surface area (Å²) in [5.41, 5.74) is 1.31. The van der Waals surface area contributed by atoms with Crippen LogP contribution in [0.5, 0.6) is 0 Å². The molecule has 1 saturated heterocycles. The molecule has 1 aromatic rings. The molecule has 1 aliphatic rings. The fraction of sp³-hybridized carbons (Fsp3) is 0.643. The molecular formula is C14H24ClN3OS. The van der Waals surface area contributed by atoms with Crippen LogP contribution >= 0.6 is 23.7 Å². The van der Waals surface area contributed by atoms with Crippen molar-refractivity contribution in [1.29, 1.82) is 0 Å². The highest BCUT2D eigenvalue weighted by molar-refractivity contribution is 7.07. The van der Waals surface area contributed by atoms with Crippen LogP contribution in [0, 0.1) is 5.92 Å². The van der Waals surface area contributed by atoms with E-state index in [0.29, 0.717) is 12.6 Å². The van der Waals surface area contributed by atoms with E-state index in [1.54, 1.807) is 11.3 Å². The van der Waals surface area contributed by atoms with E-state index in [0.717, 1.165) is 26.2 Å². The van der Waals surface area contributed by atoms with Crippen molar-refractivity contribution in [3.8, 4) is 0 Å². The second-order valence-corrected chi connectivity index (χ2v) is 5.67. The number of halogens is 1. The lowest BCUT2D eigenvalue weighted by molar-refractivity contribution is -0.126. The summed E-state index contributed by atoms with van der Waals surface area (Å²) in [6.45, 7) is 8.67. The van der Waals surface area contributed by atoms with Gasteiger partial charge in [-0.15, -0.1) is 12.4 Å². The number of nitrogens with one attached hydrogen (secondary N) is 2. The summed E-state index contributed by atoms with van der Waals surface area (Å²) < 4.78 is 0. The number of nitrogens with zero attached hydrogens (tertiary/aromatic N) is 1. The average molecular weight is 318 g/mol. The lowest BCUT2D eigenvalue weighted by Gasteiger charge is -2.31. The van der Waals surface area contributed by atoms with Crippen LogP contribution in [-0.2, 0) is 4.79 Å². The molecule has 0 aromatic carbocycles. The Bertz CT molecular complexity index is 391. The largest absolute Gasteiger partial charge is 0.354 e. The molecule has 1 aliphatic heterocycles. The molecule has 6 heteroatoms. The van der Waals surface area contributed by atoms with Gasteiger partial charge in [-0.2, -0.15) is 11.3 Å². The maximum atomic E-state index is 11.9. The van der Waals surface area contributed by atoms with E-state index < -0.39 is 0 Å². The van der Waals surface area contributed by atoms with Crippen LogP contribution in [0.15, 0.2) is 16.8 Å². The summed E-state index contributed by atoms with van der Waals surface area (Å²) >= 11 is 1.71. The Morgan fingerprint density at radius 2 is 2.20 bits per heavy atom. The Kier molecular flexibility index (Phi) is 7.51. The van der Waals surface area contributed by atoms with Gasteiger partial charge in [0.05, 0.1) is 12.0 Å². The first-order chi connectivity index (χ1) is 9.26. The van der Waals surface area contributed by atoms with Gasteiger partial charge < -0.3 is 10.6 Å². The molecule has 1 atom stereocenters. The second kappa shape index (κ2) is 8.62. The maximum Gasteiger partial charge on any atom is 0.225 e. The molecule has 2 N–H and O–H groups in total. The van der Waals surface area contributed by atoms with Crippen molar-refractivity contribution in [3.63, 3.8) is 0 Å². The normalized spacial score (nSPS) is 16.4. The highest BCUT2D eigenvalue weighted by atomic mass is 35.5. The first-order valence-corrected chi connectivity index (χ1v) is 7.95. The van der Waals surface area contributed by atoms with Crippen LogP contribution in [0.1, 0.15) is 25.5 Å². The molecule has 1 unspecified atom stereocenters. The highest BCUT2D eigenvalue weighted by Crippen LogP contribution is 2.22. The predicted octanol–water partition coefficient (Wildman–Crippen LogP) is 1.89. The van der Waals surface area contributed by atoms with Gasteiger partial charge in [-0.05, 0) is 35.5 Å². The Hall–Kier alpha value is -0.620. The quantitative estimate of drug-likeness (QED) is 0.807. The minimum Gasteiger partial charge on any atom is -0.354 e.